The monoisotopic (exact) mass is 296 g/mol. The van der Waals surface area contributed by atoms with Crippen LogP contribution in [0.5, 0.6) is 5.75 Å². The molecular formula is C15H16N6O. The fourth-order valence-corrected chi connectivity index (χ4v) is 2.02. The van der Waals surface area contributed by atoms with Gasteiger partial charge >= 0.3 is 0 Å². The van der Waals surface area contributed by atoms with Gasteiger partial charge in [0.25, 0.3) is 0 Å². The smallest absolute Gasteiger partial charge is 0.160 e. The Hall–Kier alpha value is -2.96. The summed E-state index contributed by atoms with van der Waals surface area (Å²) >= 11 is 0. The van der Waals surface area contributed by atoms with E-state index in [1.807, 2.05) is 18.2 Å². The van der Waals surface area contributed by atoms with Gasteiger partial charge in [-0.1, -0.05) is 12.1 Å². The lowest BCUT2D eigenvalue weighted by molar-refractivity contribution is 0.414. The third kappa shape index (κ3) is 3.38. The summed E-state index contributed by atoms with van der Waals surface area (Å²) in [6, 6.07) is 9.87. The SMILES string of the molecule is COc1ccc(CCNc2cc(-n3cncn3)ncn2)cc1. The van der Waals surface area contributed by atoms with E-state index in [4.69, 9.17) is 4.74 Å². The maximum Gasteiger partial charge on any atom is 0.160 e. The summed E-state index contributed by atoms with van der Waals surface area (Å²) in [6.07, 6.45) is 5.47. The van der Waals surface area contributed by atoms with Gasteiger partial charge in [-0.2, -0.15) is 5.10 Å². The molecule has 0 saturated carbocycles. The lowest BCUT2D eigenvalue weighted by Gasteiger charge is -2.07. The van der Waals surface area contributed by atoms with E-state index in [1.54, 1.807) is 18.1 Å². The van der Waals surface area contributed by atoms with E-state index in [9.17, 15) is 0 Å². The van der Waals surface area contributed by atoms with Crippen LogP contribution in [0.3, 0.4) is 0 Å². The van der Waals surface area contributed by atoms with Crippen LogP contribution >= 0.6 is 0 Å². The van der Waals surface area contributed by atoms with Crippen molar-refractivity contribution in [2.45, 2.75) is 6.42 Å². The van der Waals surface area contributed by atoms with E-state index >= 15 is 0 Å². The van der Waals surface area contributed by atoms with Crippen LogP contribution in [0.15, 0.2) is 49.3 Å². The average molecular weight is 296 g/mol. The van der Waals surface area contributed by atoms with Crippen molar-refractivity contribution in [1.29, 1.82) is 0 Å². The van der Waals surface area contributed by atoms with E-state index in [0.717, 1.165) is 24.5 Å². The summed E-state index contributed by atoms with van der Waals surface area (Å²) in [5.41, 5.74) is 1.24. The van der Waals surface area contributed by atoms with Gasteiger partial charge < -0.3 is 10.1 Å². The third-order valence-electron chi connectivity index (χ3n) is 3.18. The van der Waals surface area contributed by atoms with E-state index in [0.29, 0.717) is 5.82 Å². The van der Waals surface area contributed by atoms with Crippen molar-refractivity contribution in [3.05, 3.63) is 54.9 Å². The molecule has 0 radical (unpaired) electrons. The number of methoxy groups -OCH3 is 1. The van der Waals surface area contributed by atoms with Gasteiger partial charge in [0.15, 0.2) is 5.82 Å². The molecule has 2 aromatic heterocycles. The van der Waals surface area contributed by atoms with Crippen LogP contribution in [-0.4, -0.2) is 38.4 Å². The lowest BCUT2D eigenvalue weighted by atomic mass is 10.1. The van der Waals surface area contributed by atoms with Crippen LogP contribution in [0.25, 0.3) is 5.82 Å². The minimum absolute atomic E-state index is 0.680. The van der Waals surface area contributed by atoms with Crippen LogP contribution in [0, 0.1) is 0 Å². The summed E-state index contributed by atoms with van der Waals surface area (Å²) in [5, 5.41) is 7.33. The Morgan fingerprint density at radius 2 is 2.00 bits per heavy atom. The minimum Gasteiger partial charge on any atom is -0.497 e. The van der Waals surface area contributed by atoms with Crippen LogP contribution in [-0.2, 0) is 6.42 Å². The van der Waals surface area contributed by atoms with Gasteiger partial charge in [0, 0.05) is 12.6 Å². The summed E-state index contributed by atoms with van der Waals surface area (Å²) in [7, 11) is 1.67. The normalized spacial score (nSPS) is 10.4. The zero-order valence-corrected chi connectivity index (χ0v) is 12.2. The van der Waals surface area contributed by atoms with Crippen molar-refractivity contribution in [3.8, 4) is 11.6 Å². The molecule has 0 bridgehead atoms. The summed E-state index contributed by atoms with van der Waals surface area (Å²) in [5.74, 6) is 2.30. The molecule has 22 heavy (non-hydrogen) atoms. The van der Waals surface area contributed by atoms with Crippen molar-refractivity contribution in [1.82, 2.24) is 24.7 Å². The Labute approximate surface area is 128 Å². The molecule has 1 aromatic carbocycles. The molecule has 0 aliphatic heterocycles. The molecule has 0 atom stereocenters. The molecule has 1 N–H and O–H groups in total. The van der Waals surface area contributed by atoms with Gasteiger partial charge in [-0.25, -0.2) is 19.6 Å². The summed E-state index contributed by atoms with van der Waals surface area (Å²) in [6.45, 7) is 0.778. The lowest BCUT2D eigenvalue weighted by Crippen LogP contribution is -2.08. The highest BCUT2D eigenvalue weighted by Crippen LogP contribution is 2.12. The van der Waals surface area contributed by atoms with Crippen molar-refractivity contribution in [3.63, 3.8) is 0 Å². The second kappa shape index (κ2) is 6.66. The number of hydrogen-bond donors (Lipinski definition) is 1. The number of nitrogens with one attached hydrogen (secondary N) is 1. The molecule has 7 heteroatoms. The van der Waals surface area contributed by atoms with E-state index in [1.165, 1.54) is 18.2 Å². The van der Waals surface area contributed by atoms with E-state index in [-0.39, 0.29) is 0 Å². The molecule has 112 valence electrons. The molecule has 0 aliphatic carbocycles. The highest BCUT2D eigenvalue weighted by Gasteiger charge is 2.01. The third-order valence-corrected chi connectivity index (χ3v) is 3.18. The molecule has 0 aliphatic rings. The first-order valence-electron chi connectivity index (χ1n) is 6.89. The minimum atomic E-state index is 0.680. The van der Waals surface area contributed by atoms with Crippen molar-refractivity contribution >= 4 is 5.82 Å². The topological polar surface area (TPSA) is 77.8 Å². The average Bonchev–Trinajstić information content (AvgIpc) is 3.10. The molecule has 0 unspecified atom stereocenters. The highest BCUT2D eigenvalue weighted by atomic mass is 16.5. The maximum absolute atomic E-state index is 5.15. The fourth-order valence-electron chi connectivity index (χ4n) is 2.02. The number of aromatic nitrogens is 5. The highest BCUT2D eigenvalue weighted by molar-refractivity contribution is 5.40. The van der Waals surface area contributed by atoms with Gasteiger partial charge in [-0.15, -0.1) is 0 Å². The maximum atomic E-state index is 5.15. The van der Waals surface area contributed by atoms with Crippen molar-refractivity contribution < 1.29 is 4.74 Å². The van der Waals surface area contributed by atoms with E-state index in [2.05, 4.69) is 37.5 Å². The Kier molecular flexibility index (Phi) is 4.24. The zero-order chi connectivity index (χ0) is 15.2. The number of benzene rings is 1. The Morgan fingerprint density at radius 3 is 2.73 bits per heavy atom. The molecule has 0 fully saturated rings. The van der Waals surface area contributed by atoms with Gasteiger partial charge in [-0.3, -0.25) is 0 Å². The predicted octanol–water partition coefficient (Wildman–Crippen LogP) is 1.72. The second-order valence-electron chi connectivity index (χ2n) is 4.63. The van der Waals surface area contributed by atoms with Crippen LogP contribution in [0.4, 0.5) is 5.82 Å². The molecule has 3 rings (SSSR count). The van der Waals surface area contributed by atoms with Crippen molar-refractivity contribution in [2.75, 3.05) is 19.0 Å². The largest absolute Gasteiger partial charge is 0.497 e. The van der Waals surface area contributed by atoms with Gasteiger partial charge in [0.2, 0.25) is 0 Å². The summed E-state index contributed by atoms with van der Waals surface area (Å²) in [4.78, 5) is 12.3. The van der Waals surface area contributed by atoms with Crippen LogP contribution in [0.1, 0.15) is 5.56 Å². The molecule has 0 spiro atoms. The number of hydrogen-bond acceptors (Lipinski definition) is 6. The first kappa shape index (κ1) is 14.0. The molecule has 3 aromatic rings. The number of rotatable bonds is 6. The number of anilines is 1. The molecular weight excluding hydrogens is 280 g/mol. The quantitative estimate of drug-likeness (QED) is 0.746. The van der Waals surface area contributed by atoms with Crippen LogP contribution < -0.4 is 10.1 Å². The predicted molar refractivity (Wildman–Crippen MR) is 82.1 cm³/mol. The van der Waals surface area contributed by atoms with Gasteiger partial charge in [-0.05, 0) is 24.1 Å². The Morgan fingerprint density at radius 1 is 1.14 bits per heavy atom. The Balaban J connectivity index is 1.58. The van der Waals surface area contributed by atoms with Crippen LogP contribution in [0.2, 0.25) is 0 Å². The van der Waals surface area contributed by atoms with Gasteiger partial charge in [0.1, 0.15) is 30.5 Å². The van der Waals surface area contributed by atoms with Crippen molar-refractivity contribution in [2.24, 2.45) is 0 Å². The molecule has 0 saturated heterocycles. The van der Waals surface area contributed by atoms with Gasteiger partial charge in [0.05, 0.1) is 7.11 Å². The summed E-state index contributed by atoms with van der Waals surface area (Å²) < 4.78 is 6.74. The molecule has 0 amide bonds. The van der Waals surface area contributed by atoms with E-state index < -0.39 is 0 Å². The Bertz CT molecular complexity index is 711. The standard InChI is InChI=1S/C15H16N6O/c1-22-13-4-2-12(3-5-13)6-7-17-14-8-15(19-10-18-14)21-11-16-9-20-21/h2-5,8-11H,6-7H2,1H3,(H,17,18,19). The first-order chi connectivity index (χ1) is 10.8. The molecule has 7 nitrogen and oxygen atoms in total. The number of ether oxygens (including phenoxy) is 1. The fraction of sp³-hybridized carbons (Fsp3) is 0.200. The first-order valence-corrected chi connectivity index (χ1v) is 6.89. The molecule has 2 heterocycles. The number of nitrogens with zero attached hydrogens (tertiary/aromatic N) is 5. The zero-order valence-electron chi connectivity index (χ0n) is 12.2. The second-order valence-corrected chi connectivity index (χ2v) is 4.63.